The Labute approximate surface area is 158 Å². The lowest BCUT2D eigenvalue weighted by molar-refractivity contribution is 0.176. The smallest absolute Gasteiger partial charge is 0.261 e. The highest BCUT2D eigenvalue weighted by Crippen LogP contribution is 2.64. The fourth-order valence-corrected chi connectivity index (χ4v) is 9.71. The van der Waals surface area contributed by atoms with Gasteiger partial charge in [0.15, 0.2) is 0 Å². The molecular weight excluding hydrogens is 332 g/mol. The van der Waals surface area contributed by atoms with E-state index in [-0.39, 0.29) is 16.6 Å². The van der Waals surface area contributed by atoms with Crippen LogP contribution >= 0.6 is 0 Å². The van der Waals surface area contributed by atoms with Gasteiger partial charge in [-0.25, -0.2) is 0 Å². The number of benzene rings is 2. The molecule has 134 valence electrons. The standard InChI is InChI=1S/C24H28OSi/c1-5-24-17-19(24)16-20(18-24)25-26(23(2,3)4,21-12-8-6-9-13-21)22-14-10-7-11-15-22/h1,6-15,19-20H,16-18H2,2-4H3. The van der Waals surface area contributed by atoms with E-state index >= 15 is 0 Å². The summed E-state index contributed by atoms with van der Waals surface area (Å²) in [5.74, 6) is 3.76. The summed E-state index contributed by atoms with van der Waals surface area (Å²) in [6.07, 6.45) is 9.47. The van der Waals surface area contributed by atoms with Crippen molar-refractivity contribution in [1.82, 2.24) is 0 Å². The molecule has 2 aliphatic rings. The molecule has 2 aromatic carbocycles. The van der Waals surface area contributed by atoms with Gasteiger partial charge in [-0.05, 0) is 40.6 Å². The Morgan fingerprint density at radius 2 is 1.50 bits per heavy atom. The highest BCUT2D eigenvalue weighted by atomic mass is 28.4. The molecule has 3 unspecified atom stereocenters. The summed E-state index contributed by atoms with van der Waals surface area (Å²) in [7, 11) is -2.44. The maximum absolute atomic E-state index is 7.21. The third-order valence-electron chi connectivity index (χ3n) is 6.42. The predicted molar refractivity (Wildman–Crippen MR) is 111 cm³/mol. The molecule has 2 aliphatic carbocycles. The van der Waals surface area contributed by atoms with Gasteiger partial charge in [0.2, 0.25) is 0 Å². The molecule has 0 amide bonds. The predicted octanol–water partition coefficient (Wildman–Crippen LogP) is 4.36. The minimum absolute atomic E-state index is 0.0335. The molecule has 0 aromatic heterocycles. The highest BCUT2D eigenvalue weighted by Gasteiger charge is 2.62. The summed E-state index contributed by atoms with van der Waals surface area (Å²) < 4.78 is 7.21. The number of hydrogen-bond donors (Lipinski definition) is 0. The van der Waals surface area contributed by atoms with E-state index in [4.69, 9.17) is 10.8 Å². The van der Waals surface area contributed by atoms with Crippen LogP contribution < -0.4 is 10.4 Å². The van der Waals surface area contributed by atoms with Crippen molar-refractivity contribution in [2.45, 2.75) is 51.2 Å². The zero-order valence-corrected chi connectivity index (χ0v) is 17.0. The number of fused-ring (bicyclic) bond motifs is 1. The van der Waals surface area contributed by atoms with Crippen molar-refractivity contribution in [3.8, 4) is 12.3 Å². The molecule has 4 rings (SSSR count). The normalized spacial score (nSPS) is 27.6. The van der Waals surface area contributed by atoms with Gasteiger partial charge in [0, 0.05) is 11.5 Å². The molecule has 0 aliphatic heterocycles. The molecular formula is C24H28OSi. The Bertz CT molecular complexity index is 775. The maximum Gasteiger partial charge on any atom is 0.261 e. The third kappa shape index (κ3) is 2.66. The van der Waals surface area contributed by atoms with Crippen LogP contribution in [0.4, 0.5) is 0 Å². The molecule has 0 N–H and O–H groups in total. The van der Waals surface area contributed by atoms with Crippen molar-refractivity contribution in [2.75, 3.05) is 0 Å². The van der Waals surface area contributed by atoms with Crippen LogP contribution in [0.15, 0.2) is 60.7 Å². The van der Waals surface area contributed by atoms with E-state index in [1.807, 2.05) is 0 Å². The molecule has 0 saturated heterocycles. The van der Waals surface area contributed by atoms with E-state index in [1.54, 1.807) is 0 Å². The molecule has 2 aromatic rings. The average molecular weight is 361 g/mol. The number of hydrogen-bond acceptors (Lipinski definition) is 1. The Balaban J connectivity index is 1.80. The number of rotatable bonds is 4. The fourth-order valence-electron chi connectivity index (χ4n) is 5.01. The first-order valence-electron chi connectivity index (χ1n) is 9.68. The second kappa shape index (κ2) is 6.11. The van der Waals surface area contributed by atoms with Gasteiger partial charge in [0.1, 0.15) is 0 Å². The minimum Gasteiger partial charge on any atom is -0.404 e. The summed E-state index contributed by atoms with van der Waals surface area (Å²) in [4.78, 5) is 0. The van der Waals surface area contributed by atoms with Crippen molar-refractivity contribution in [1.29, 1.82) is 0 Å². The molecule has 0 bridgehead atoms. The number of terminal acetylenes is 1. The molecule has 2 saturated carbocycles. The quantitative estimate of drug-likeness (QED) is 0.581. The van der Waals surface area contributed by atoms with Crippen LogP contribution in [0.5, 0.6) is 0 Å². The van der Waals surface area contributed by atoms with Gasteiger partial charge >= 0.3 is 0 Å². The van der Waals surface area contributed by atoms with Crippen LogP contribution in [0.2, 0.25) is 5.04 Å². The van der Waals surface area contributed by atoms with Crippen molar-refractivity contribution >= 4 is 18.7 Å². The largest absolute Gasteiger partial charge is 0.404 e. The van der Waals surface area contributed by atoms with E-state index in [0.29, 0.717) is 5.92 Å². The summed E-state index contributed by atoms with van der Waals surface area (Å²) >= 11 is 0. The lowest BCUT2D eigenvalue weighted by atomic mass is 10.1. The van der Waals surface area contributed by atoms with Gasteiger partial charge in [-0.1, -0.05) is 87.4 Å². The summed E-state index contributed by atoms with van der Waals surface area (Å²) in [6, 6.07) is 21.8. The van der Waals surface area contributed by atoms with E-state index in [2.05, 4.69) is 87.4 Å². The first-order valence-corrected chi connectivity index (χ1v) is 11.6. The van der Waals surface area contributed by atoms with Gasteiger partial charge < -0.3 is 4.43 Å². The van der Waals surface area contributed by atoms with Gasteiger partial charge in [0.25, 0.3) is 8.32 Å². The Kier molecular flexibility index (Phi) is 4.14. The monoisotopic (exact) mass is 360 g/mol. The second-order valence-corrected chi connectivity index (χ2v) is 13.3. The van der Waals surface area contributed by atoms with Crippen LogP contribution in [0, 0.1) is 23.7 Å². The zero-order valence-electron chi connectivity index (χ0n) is 16.0. The molecule has 2 heteroatoms. The van der Waals surface area contributed by atoms with Crippen LogP contribution in [0.3, 0.4) is 0 Å². The summed E-state index contributed by atoms with van der Waals surface area (Å²) in [5, 5.41) is 2.74. The third-order valence-corrected chi connectivity index (χ3v) is 11.5. The van der Waals surface area contributed by atoms with E-state index in [9.17, 15) is 0 Å². The van der Waals surface area contributed by atoms with Crippen molar-refractivity contribution in [3.05, 3.63) is 60.7 Å². The van der Waals surface area contributed by atoms with Gasteiger partial charge in [-0.2, -0.15) is 0 Å². The first kappa shape index (κ1) is 17.6. The van der Waals surface area contributed by atoms with Gasteiger partial charge in [0.05, 0.1) is 0 Å². The summed E-state index contributed by atoms with van der Waals surface area (Å²) in [6.45, 7) is 7.02. The Morgan fingerprint density at radius 3 is 1.92 bits per heavy atom. The highest BCUT2D eigenvalue weighted by molar-refractivity contribution is 6.99. The summed E-state index contributed by atoms with van der Waals surface area (Å²) in [5.41, 5.74) is 0.135. The molecule has 26 heavy (non-hydrogen) atoms. The zero-order chi connectivity index (χ0) is 18.4. The van der Waals surface area contributed by atoms with Crippen molar-refractivity contribution in [3.63, 3.8) is 0 Å². The van der Waals surface area contributed by atoms with Crippen LogP contribution in [-0.4, -0.2) is 14.4 Å². The lowest BCUT2D eigenvalue weighted by Crippen LogP contribution is -2.67. The molecule has 1 nitrogen and oxygen atoms in total. The molecule has 3 atom stereocenters. The van der Waals surface area contributed by atoms with Crippen LogP contribution in [-0.2, 0) is 4.43 Å². The van der Waals surface area contributed by atoms with E-state index in [1.165, 1.54) is 16.8 Å². The maximum atomic E-state index is 7.21. The van der Waals surface area contributed by atoms with Crippen molar-refractivity contribution < 1.29 is 4.43 Å². The fraction of sp³-hybridized carbons (Fsp3) is 0.417. The first-order chi connectivity index (χ1) is 12.4. The van der Waals surface area contributed by atoms with E-state index in [0.717, 1.165) is 12.8 Å². The van der Waals surface area contributed by atoms with Crippen LogP contribution in [0.1, 0.15) is 40.0 Å². The van der Waals surface area contributed by atoms with E-state index < -0.39 is 8.32 Å². The SMILES string of the molecule is C#CC12CC(O[Si](c3ccccc3)(c3ccccc3)C(C)(C)C)CC1C2. The van der Waals surface area contributed by atoms with Crippen LogP contribution in [0.25, 0.3) is 0 Å². The second-order valence-electron chi connectivity index (χ2n) is 9.04. The van der Waals surface area contributed by atoms with Gasteiger partial charge in [-0.15, -0.1) is 6.42 Å². The Hall–Kier alpha value is -1.82. The average Bonchev–Trinajstić information content (AvgIpc) is 3.21. The molecule has 0 radical (unpaired) electrons. The lowest BCUT2D eigenvalue weighted by Gasteiger charge is -2.45. The molecule has 2 fully saturated rings. The Morgan fingerprint density at radius 1 is 0.962 bits per heavy atom. The van der Waals surface area contributed by atoms with Gasteiger partial charge in [-0.3, -0.25) is 0 Å². The molecule has 0 spiro atoms. The topological polar surface area (TPSA) is 9.23 Å². The minimum atomic E-state index is -2.44. The van der Waals surface area contributed by atoms with Crippen molar-refractivity contribution in [2.24, 2.45) is 11.3 Å². The molecule has 0 heterocycles.